The van der Waals surface area contributed by atoms with Crippen LogP contribution in [-0.2, 0) is 6.61 Å². The van der Waals surface area contributed by atoms with Crippen LogP contribution in [0, 0.1) is 25.2 Å². The second-order valence-corrected chi connectivity index (χ2v) is 4.56. The molecule has 0 saturated heterocycles. The summed E-state index contributed by atoms with van der Waals surface area (Å²) < 4.78 is 5.74. The fraction of sp³-hybridized carbons (Fsp3) is 0.188. The fourth-order valence-electron chi connectivity index (χ4n) is 1.83. The highest BCUT2D eigenvalue weighted by atomic mass is 16.5. The summed E-state index contributed by atoms with van der Waals surface area (Å²) in [7, 11) is 0. The molecule has 0 aromatic heterocycles. The summed E-state index contributed by atoms with van der Waals surface area (Å²) in [6.07, 6.45) is 0. The summed E-state index contributed by atoms with van der Waals surface area (Å²) in [5, 5.41) is 8.82. The number of hydrogen-bond donors (Lipinski definition) is 1. The third kappa shape index (κ3) is 3.05. The number of hydrogen-bond acceptors (Lipinski definition) is 3. The average molecular weight is 252 g/mol. The van der Waals surface area contributed by atoms with Crippen LogP contribution in [0.15, 0.2) is 36.4 Å². The molecular formula is C16H16N2O. The summed E-state index contributed by atoms with van der Waals surface area (Å²) in [6.45, 7) is 4.42. The van der Waals surface area contributed by atoms with E-state index in [1.165, 1.54) is 0 Å². The van der Waals surface area contributed by atoms with Crippen molar-refractivity contribution in [3.05, 3.63) is 58.7 Å². The Morgan fingerprint density at radius 3 is 2.53 bits per heavy atom. The smallest absolute Gasteiger partial charge is 0.120 e. The lowest BCUT2D eigenvalue weighted by Crippen LogP contribution is -1.99. The van der Waals surface area contributed by atoms with Gasteiger partial charge in [0.05, 0.1) is 11.6 Å². The van der Waals surface area contributed by atoms with Crippen molar-refractivity contribution in [3.8, 4) is 11.8 Å². The number of aryl methyl sites for hydroxylation is 2. The van der Waals surface area contributed by atoms with Crippen LogP contribution >= 0.6 is 0 Å². The zero-order chi connectivity index (χ0) is 13.8. The Kier molecular flexibility index (Phi) is 3.72. The molecule has 0 amide bonds. The minimum Gasteiger partial charge on any atom is -0.489 e. The zero-order valence-electron chi connectivity index (χ0n) is 11.1. The third-order valence-electron chi connectivity index (χ3n) is 3.11. The molecule has 0 fully saturated rings. The van der Waals surface area contributed by atoms with Crippen molar-refractivity contribution in [2.45, 2.75) is 20.5 Å². The minimum absolute atomic E-state index is 0.487. The molecule has 0 bridgehead atoms. The Bertz CT molecular complexity index is 642. The van der Waals surface area contributed by atoms with Gasteiger partial charge in [0.2, 0.25) is 0 Å². The molecule has 0 atom stereocenters. The molecule has 2 rings (SSSR count). The SMILES string of the molecule is Cc1cc(OCc2ccc(C#N)cc2C)ccc1N. The van der Waals surface area contributed by atoms with E-state index in [-0.39, 0.29) is 0 Å². The lowest BCUT2D eigenvalue weighted by Gasteiger charge is -2.10. The Morgan fingerprint density at radius 2 is 1.89 bits per heavy atom. The van der Waals surface area contributed by atoms with Crippen molar-refractivity contribution < 1.29 is 4.74 Å². The van der Waals surface area contributed by atoms with Crippen LogP contribution in [0.2, 0.25) is 0 Å². The maximum absolute atomic E-state index is 8.82. The minimum atomic E-state index is 0.487. The summed E-state index contributed by atoms with van der Waals surface area (Å²) >= 11 is 0. The van der Waals surface area contributed by atoms with E-state index in [0.717, 1.165) is 28.1 Å². The standard InChI is InChI=1S/C16H16N2O/c1-11-7-13(9-17)3-4-14(11)10-19-15-5-6-16(18)12(2)8-15/h3-8H,10,18H2,1-2H3. The molecule has 0 saturated carbocycles. The number of nitrogen functional groups attached to an aromatic ring is 1. The molecular weight excluding hydrogens is 236 g/mol. The van der Waals surface area contributed by atoms with E-state index in [9.17, 15) is 0 Å². The first-order valence-electron chi connectivity index (χ1n) is 6.08. The normalized spacial score (nSPS) is 9.95. The number of ether oxygens (including phenoxy) is 1. The van der Waals surface area contributed by atoms with Crippen molar-refractivity contribution in [1.29, 1.82) is 5.26 Å². The predicted molar refractivity (Wildman–Crippen MR) is 75.8 cm³/mol. The van der Waals surface area contributed by atoms with Crippen molar-refractivity contribution >= 4 is 5.69 Å². The van der Waals surface area contributed by atoms with Gasteiger partial charge in [-0.25, -0.2) is 0 Å². The number of rotatable bonds is 3. The van der Waals surface area contributed by atoms with E-state index >= 15 is 0 Å². The highest BCUT2D eigenvalue weighted by Crippen LogP contribution is 2.20. The van der Waals surface area contributed by atoms with Gasteiger partial charge in [0, 0.05) is 5.69 Å². The monoisotopic (exact) mass is 252 g/mol. The lowest BCUT2D eigenvalue weighted by molar-refractivity contribution is 0.305. The number of nitriles is 1. The van der Waals surface area contributed by atoms with Gasteiger partial charge in [-0.05, 0) is 60.9 Å². The van der Waals surface area contributed by atoms with Gasteiger partial charge in [-0.3, -0.25) is 0 Å². The first-order chi connectivity index (χ1) is 9.10. The van der Waals surface area contributed by atoms with E-state index in [1.54, 1.807) is 6.07 Å². The van der Waals surface area contributed by atoms with E-state index in [0.29, 0.717) is 12.2 Å². The highest BCUT2D eigenvalue weighted by molar-refractivity contribution is 5.49. The van der Waals surface area contributed by atoms with E-state index in [1.807, 2.05) is 44.2 Å². The molecule has 0 unspecified atom stereocenters. The van der Waals surface area contributed by atoms with Gasteiger partial charge in [-0.2, -0.15) is 5.26 Å². The van der Waals surface area contributed by atoms with Gasteiger partial charge < -0.3 is 10.5 Å². The number of nitrogens with zero attached hydrogens (tertiary/aromatic N) is 1. The Hall–Kier alpha value is -2.47. The summed E-state index contributed by atoms with van der Waals surface area (Å²) in [6, 6.07) is 13.4. The second kappa shape index (κ2) is 5.45. The Balaban J connectivity index is 2.10. The molecule has 3 nitrogen and oxygen atoms in total. The second-order valence-electron chi connectivity index (χ2n) is 4.56. The van der Waals surface area contributed by atoms with Gasteiger partial charge >= 0.3 is 0 Å². The Morgan fingerprint density at radius 1 is 1.11 bits per heavy atom. The molecule has 0 aliphatic carbocycles. The maximum Gasteiger partial charge on any atom is 0.120 e. The molecule has 0 radical (unpaired) electrons. The molecule has 2 aromatic carbocycles. The quantitative estimate of drug-likeness (QED) is 0.852. The molecule has 0 heterocycles. The maximum atomic E-state index is 8.82. The van der Waals surface area contributed by atoms with E-state index in [2.05, 4.69) is 6.07 Å². The van der Waals surface area contributed by atoms with Gasteiger partial charge in [0.15, 0.2) is 0 Å². The average Bonchev–Trinajstić information content (AvgIpc) is 2.41. The largest absolute Gasteiger partial charge is 0.489 e. The summed E-state index contributed by atoms with van der Waals surface area (Å²) in [5.74, 6) is 0.801. The first kappa shape index (κ1) is 13.0. The van der Waals surface area contributed by atoms with Crippen molar-refractivity contribution in [2.75, 3.05) is 5.73 Å². The first-order valence-corrected chi connectivity index (χ1v) is 6.08. The molecule has 0 aliphatic rings. The summed E-state index contributed by atoms with van der Waals surface area (Å²) in [5.41, 5.74) is 10.3. The van der Waals surface area contributed by atoms with E-state index in [4.69, 9.17) is 15.7 Å². The van der Waals surface area contributed by atoms with Gasteiger partial charge in [0.25, 0.3) is 0 Å². The molecule has 3 heteroatoms. The van der Waals surface area contributed by atoms with Gasteiger partial charge in [-0.1, -0.05) is 6.07 Å². The topological polar surface area (TPSA) is 59.0 Å². The van der Waals surface area contributed by atoms with Crippen LogP contribution in [0.1, 0.15) is 22.3 Å². The van der Waals surface area contributed by atoms with Crippen molar-refractivity contribution in [1.82, 2.24) is 0 Å². The third-order valence-corrected chi connectivity index (χ3v) is 3.11. The number of anilines is 1. The van der Waals surface area contributed by atoms with Gasteiger partial charge in [0.1, 0.15) is 12.4 Å². The van der Waals surface area contributed by atoms with Crippen LogP contribution in [0.3, 0.4) is 0 Å². The molecule has 2 N–H and O–H groups in total. The molecule has 2 aromatic rings. The van der Waals surface area contributed by atoms with Crippen molar-refractivity contribution in [3.63, 3.8) is 0 Å². The van der Waals surface area contributed by atoms with Crippen LogP contribution in [0.5, 0.6) is 5.75 Å². The molecule has 19 heavy (non-hydrogen) atoms. The molecule has 0 spiro atoms. The van der Waals surface area contributed by atoms with Crippen LogP contribution in [-0.4, -0.2) is 0 Å². The van der Waals surface area contributed by atoms with Crippen LogP contribution in [0.4, 0.5) is 5.69 Å². The Labute approximate surface area is 113 Å². The summed E-state index contributed by atoms with van der Waals surface area (Å²) in [4.78, 5) is 0. The number of benzene rings is 2. The molecule has 0 aliphatic heterocycles. The van der Waals surface area contributed by atoms with Crippen LogP contribution < -0.4 is 10.5 Å². The molecule has 96 valence electrons. The van der Waals surface area contributed by atoms with Gasteiger partial charge in [-0.15, -0.1) is 0 Å². The van der Waals surface area contributed by atoms with E-state index < -0.39 is 0 Å². The number of nitrogens with two attached hydrogens (primary N) is 1. The van der Waals surface area contributed by atoms with Crippen LogP contribution in [0.25, 0.3) is 0 Å². The highest BCUT2D eigenvalue weighted by Gasteiger charge is 2.02. The zero-order valence-corrected chi connectivity index (χ0v) is 11.1. The fourth-order valence-corrected chi connectivity index (χ4v) is 1.83. The predicted octanol–water partition coefficient (Wildman–Crippen LogP) is 3.34. The van der Waals surface area contributed by atoms with Crippen molar-refractivity contribution in [2.24, 2.45) is 0 Å². The lowest BCUT2D eigenvalue weighted by atomic mass is 10.1.